The average Bonchev–Trinajstić information content (AvgIpc) is 2.64. The molecule has 1 atom stereocenters. The highest BCUT2D eigenvalue weighted by atomic mass is 19.1. The quantitative estimate of drug-likeness (QED) is 0.649. The second kappa shape index (κ2) is 9.88. The first-order chi connectivity index (χ1) is 13.7. The van der Waals surface area contributed by atoms with Crippen LogP contribution in [-0.4, -0.2) is 37.4 Å². The Morgan fingerprint density at radius 3 is 2.38 bits per heavy atom. The number of benzene rings is 2. The molecule has 3 N–H and O–H groups in total. The van der Waals surface area contributed by atoms with Crippen LogP contribution in [0.3, 0.4) is 0 Å². The summed E-state index contributed by atoms with van der Waals surface area (Å²) in [5.41, 5.74) is 0.851. The fourth-order valence-corrected chi connectivity index (χ4v) is 2.39. The molecule has 0 radical (unpaired) electrons. The summed E-state index contributed by atoms with van der Waals surface area (Å²) in [7, 11) is 1.36. The van der Waals surface area contributed by atoms with Gasteiger partial charge in [0.1, 0.15) is 11.4 Å². The van der Waals surface area contributed by atoms with E-state index in [-0.39, 0.29) is 6.54 Å². The van der Waals surface area contributed by atoms with Crippen molar-refractivity contribution in [3.63, 3.8) is 0 Å². The van der Waals surface area contributed by atoms with Crippen molar-refractivity contribution in [2.75, 3.05) is 24.3 Å². The number of amides is 2. The predicted molar refractivity (Wildman–Crippen MR) is 110 cm³/mol. The lowest BCUT2D eigenvalue weighted by molar-refractivity contribution is -0.125. The molecule has 0 aliphatic heterocycles. The Morgan fingerprint density at radius 2 is 1.76 bits per heavy atom. The maximum Gasteiger partial charge on any atom is 0.407 e. The first-order valence-corrected chi connectivity index (χ1v) is 9.10. The number of anilines is 3. The highest BCUT2D eigenvalue weighted by molar-refractivity contribution is 5.97. The van der Waals surface area contributed by atoms with E-state index in [0.717, 1.165) is 5.69 Å². The third-order valence-electron chi connectivity index (χ3n) is 3.70. The van der Waals surface area contributed by atoms with Gasteiger partial charge in [-0.05, 0) is 51.1 Å². The predicted octanol–water partition coefficient (Wildman–Crippen LogP) is 4.05. The largest absolute Gasteiger partial charge is 0.444 e. The summed E-state index contributed by atoms with van der Waals surface area (Å²) in [6.45, 7) is 5.13. The maximum atomic E-state index is 13.7. The molecule has 1 unspecified atom stereocenters. The van der Waals surface area contributed by atoms with Crippen LogP contribution in [0.4, 0.5) is 26.2 Å². The number of hydrogen-bond donors (Lipinski definition) is 3. The molecule has 29 heavy (non-hydrogen) atoms. The Kier molecular flexibility index (Phi) is 7.55. The number of alkyl carbamates (subject to hydrolysis) is 1. The van der Waals surface area contributed by atoms with Crippen LogP contribution in [0.1, 0.15) is 20.8 Å². The lowest BCUT2D eigenvalue weighted by atomic mass is 10.2. The molecule has 2 aromatic carbocycles. The summed E-state index contributed by atoms with van der Waals surface area (Å²) in [6, 6.07) is 13.1. The van der Waals surface area contributed by atoms with Crippen LogP contribution in [0.15, 0.2) is 48.5 Å². The van der Waals surface area contributed by atoms with Gasteiger partial charge in [0.15, 0.2) is 6.10 Å². The second-order valence-electron chi connectivity index (χ2n) is 7.28. The Balaban J connectivity index is 2.05. The number of carbonyl (C=O) groups excluding carboxylic acids is 2. The van der Waals surface area contributed by atoms with E-state index in [2.05, 4.69) is 16.0 Å². The summed E-state index contributed by atoms with van der Waals surface area (Å²) in [5, 5.41) is 8.26. The van der Waals surface area contributed by atoms with Crippen LogP contribution in [0.2, 0.25) is 0 Å². The van der Waals surface area contributed by atoms with Gasteiger partial charge in [0.05, 0.1) is 17.9 Å². The lowest BCUT2D eigenvalue weighted by Crippen LogP contribution is -2.42. The molecule has 0 saturated heterocycles. The summed E-state index contributed by atoms with van der Waals surface area (Å²) in [5.74, 6) is -0.942. The van der Waals surface area contributed by atoms with Crippen molar-refractivity contribution in [1.29, 1.82) is 0 Å². The van der Waals surface area contributed by atoms with Crippen LogP contribution in [0.25, 0.3) is 0 Å². The van der Waals surface area contributed by atoms with Gasteiger partial charge in [0, 0.05) is 12.8 Å². The summed E-state index contributed by atoms with van der Waals surface area (Å²) >= 11 is 0. The molecule has 0 heterocycles. The van der Waals surface area contributed by atoms with Gasteiger partial charge in [-0.3, -0.25) is 4.79 Å². The third-order valence-corrected chi connectivity index (χ3v) is 3.70. The van der Waals surface area contributed by atoms with Gasteiger partial charge >= 0.3 is 6.09 Å². The number of methoxy groups -OCH3 is 1. The Bertz CT molecular complexity index is 838. The number of nitrogens with one attached hydrogen (secondary N) is 3. The van der Waals surface area contributed by atoms with Crippen LogP contribution in [0, 0.1) is 5.82 Å². The number of hydrogen-bond acceptors (Lipinski definition) is 5. The number of carbonyl (C=O) groups is 2. The van der Waals surface area contributed by atoms with Crippen molar-refractivity contribution in [3.8, 4) is 0 Å². The minimum atomic E-state index is -0.961. The van der Waals surface area contributed by atoms with Crippen molar-refractivity contribution in [3.05, 3.63) is 54.3 Å². The third kappa shape index (κ3) is 7.42. The van der Waals surface area contributed by atoms with Crippen LogP contribution >= 0.6 is 0 Å². The number of rotatable bonds is 7. The van der Waals surface area contributed by atoms with Crippen LogP contribution in [0.5, 0.6) is 0 Å². The molecule has 2 aromatic rings. The lowest BCUT2D eigenvalue weighted by Gasteiger charge is -2.21. The van der Waals surface area contributed by atoms with Crippen LogP contribution < -0.4 is 16.0 Å². The summed E-state index contributed by atoms with van der Waals surface area (Å²) < 4.78 is 24.0. The van der Waals surface area contributed by atoms with E-state index in [9.17, 15) is 14.0 Å². The molecule has 0 fully saturated rings. The topological polar surface area (TPSA) is 88.7 Å². The van der Waals surface area contributed by atoms with Gasteiger partial charge in [0.25, 0.3) is 5.91 Å². The fourth-order valence-electron chi connectivity index (χ4n) is 2.39. The normalized spacial score (nSPS) is 12.0. The molecule has 0 saturated carbocycles. The average molecular weight is 403 g/mol. The molecule has 0 aromatic heterocycles. The Hall–Kier alpha value is -3.13. The molecule has 156 valence electrons. The van der Waals surface area contributed by atoms with E-state index in [0.29, 0.717) is 11.4 Å². The SMILES string of the molecule is COC(CNC(=O)OC(C)(C)C)C(=O)Nc1ccc(F)cc1Nc1ccccc1. The molecular formula is C21H26FN3O4. The Morgan fingerprint density at radius 1 is 1.07 bits per heavy atom. The zero-order valence-corrected chi connectivity index (χ0v) is 16.9. The molecule has 8 heteroatoms. The van der Waals surface area contributed by atoms with Crippen molar-refractivity contribution in [1.82, 2.24) is 5.32 Å². The molecule has 0 aliphatic carbocycles. The van der Waals surface area contributed by atoms with E-state index in [1.54, 1.807) is 20.8 Å². The van der Waals surface area contributed by atoms with Gasteiger partial charge in [-0.25, -0.2) is 9.18 Å². The number of halogens is 1. The minimum Gasteiger partial charge on any atom is -0.444 e. The number of para-hydroxylation sites is 1. The number of ether oxygens (including phenoxy) is 2. The van der Waals surface area contributed by atoms with Crippen molar-refractivity contribution in [2.24, 2.45) is 0 Å². The summed E-state index contributed by atoms with van der Waals surface area (Å²) in [4.78, 5) is 24.4. The minimum absolute atomic E-state index is 0.0834. The molecule has 0 spiro atoms. The monoisotopic (exact) mass is 403 g/mol. The highest BCUT2D eigenvalue weighted by Gasteiger charge is 2.22. The van der Waals surface area contributed by atoms with Gasteiger partial charge in [-0.15, -0.1) is 0 Å². The van der Waals surface area contributed by atoms with Crippen molar-refractivity contribution in [2.45, 2.75) is 32.5 Å². The van der Waals surface area contributed by atoms with E-state index >= 15 is 0 Å². The fraction of sp³-hybridized carbons (Fsp3) is 0.333. The van der Waals surface area contributed by atoms with E-state index in [1.807, 2.05) is 30.3 Å². The molecule has 2 rings (SSSR count). The first-order valence-electron chi connectivity index (χ1n) is 9.10. The molecule has 7 nitrogen and oxygen atoms in total. The highest BCUT2D eigenvalue weighted by Crippen LogP contribution is 2.26. The van der Waals surface area contributed by atoms with E-state index in [4.69, 9.17) is 9.47 Å². The maximum absolute atomic E-state index is 13.7. The summed E-state index contributed by atoms with van der Waals surface area (Å²) in [6.07, 6.45) is -1.61. The van der Waals surface area contributed by atoms with E-state index in [1.165, 1.54) is 25.3 Å². The standard InChI is InChI=1S/C21H26FN3O4/c1-21(2,3)29-20(27)23-13-18(28-4)19(26)25-16-11-10-14(22)12-17(16)24-15-8-6-5-7-9-15/h5-12,18,24H,13H2,1-4H3,(H,23,27)(H,25,26). The van der Waals surface area contributed by atoms with Crippen molar-refractivity contribution < 1.29 is 23.5 Å². The smallest absolute Gasteiger partial charge is 0.407 e. The molecule has 2 amide bonds. The van der Waals surface area contributed by atoms with Gasteiger partial charge in [0.2, 0.25) is 0 Å². The zero-order chi connectivity index (χ0) is 21.4. The zero-order valence-electron chi connectivity index (χ0n) is 16.9. The molecule has 0 aliphatic rings. The molecular weight excluding hydrogens is 377 g/mol. The van der Waals surface area contributed by atoms with Gasteiger partial charge in [-0.1, -0.05) is 18.2 Å². The second-order valence-corrected chi connectivity index (χ2v) is 7.28. The first kappa shape index (κ1) is 22.2. The van der Waals surface area contributed by atoms with Crippen molar-refractivity contribution >= 4 is 29.1 Å². The van der Waals surface area contributed by atoms with E-state index < -0.39 is 29.5 Å². The van der Waals surface area contributed by atoms with Gasteiger partial charge in [-0.2, -0.15) is 0 Å². The van der Waals surface area contributed by atoms with Crippen LogP contribution in [-0.2, 0) is 14.3 Å². The van der Waals surface area contributed by atoms with Gasteiger partial charge < -0.3 is 25.4 Å². The molecule has 0 bridgehead atoms. The Labute approximate surface area is 169 Å².